The number of aliphatic hydroxyl groups excluding tert-OH is 1. The van der Waals surface area contributed by atoms with Crippen LogP contribution in [0.2, 0.25) is 5.02 Å². The lowest BCUT2D eigenvalue weighted by Crippen LogP contribution is -2.06. The molecule has 0 aliphatic heterocycles. The van der Waals surface area contributed by atoms with Crippen LogP contribution in [0.5, 0.6) is 11.6 Å². The molecule has 1 aromatic carbocycles. The minimum Gasteiger partial charge on any atom is -0.496 e. The highest BCUT2D eigenvalue weighted by molar-refractivity contribution is 6.30. The molecule has 0 amide bonds. The quantitative estimate of drug-likeness (QED) is 0.917. The maximum Gasteiger partial charge on any atom is 0.233 e. The number of benzene rings is 1. The van der Waals surface area contributed by atoms with Crippen molar-refractivity contribution in [3.05, 3.63) is 46.6 Å². The molecular formula is C14H15ClN2O3. The van der Waals surface area contributed by atoms with Crippen LogP contribution < -0.4 is 9.47 Å². The van der Waals surface area contributed by atoms with Gasteiger partial charge >= 0.3 is 0 Å². The Bertz CT molecular complexity index is 575. The molecule has 1 heterocycles. The number of halogens is 1. The third-order valence-electron chi connectivity index (χ3n) is 2.87. The maximum absolute atomic E-state index is 10.2. The summed E-state index contributed by atoms with van der Waals surface area (Å²) in [7, 11) is 3.09. The molecule has 2 rings (SSSR count). The van der Waals surface area contributed by atoms with E-state index in [0.717, 1.165) is 5.56 Å². The van der Waals surface area contributed by atoms with Gasteiger partial charge in [0.15, 0.2) is 0 Å². The van der Waals surface area contributed by atoms with Crippen molar-refractivity contribution in [2.24, 2.45) is 0 Å². The van der Waals surface area contributed by atoms with E-state index in [9.17, 15) is 5.11 Å². The minimum absolute atomic E-state index is 0.338. The molecule has 0 aliphatic rings. The van der Waals surface area contributed by atoms with Crippen molar-refractivity contribution >= 4 is 11.6 Å². The summed E-state index contributed by atoms with van der Waals surface area (Å²) in [5, 5.41) is 18.6. The summed E-state index contributed by atoms with van der Waals surface area (Å²) in [6.45, 7) is 0. The lowest BCUT2D eigenvalue weighted by atomic mass is 10.0. The number of aliphatic hydroxyl groups is 1. The van der Waals surface area contributed by atoms with Crippen LogP contribution in [0.1, 0.15) is 17.4 Å². The van der Waals surface area contributed by atoms with Crippen LogP contribution in [0, 0.1) is 0 Å². The van der Waals surface area contributed by atoms with Crippen molar-refractivity contribution in [3.8, 4) is 11.6 Å². The molecule has 0 saturated heterocycles. The lowest BCUT2D eigenvalue weighted by molar-refractivity contribution is 0.171. The molecule has 6 heteroatoms. The lowest BCUT2D eigenvalue weighted by Gasteiger charge is -2.13. The fourth-order valence-electron chi connectivity index (χ4n) is 1.84. The van der Waals surface area contributed by atoms with Crippen molar-refractivity contribution in [3.63, 3.8) is 0 Å². The fourth-order valence-corrected chi connectivity index (χ4v) is 2.03. The number of rotatable bonds is 5. The molecule has 2 aromatic rings. The van der Waals surface area contributed by atoms with Gasteiger partial charge in [0, 0.05) is 17.5 Å². The third-order valence-corrected chi connectivity index (χ3v) is 3.10. The third kappa shape index (κ3) is 3.37. The zero-order chi connectivity index (χ0) is 14.5. The summed E-state index contributed by atoms with van der Waals surface area (Å²) in [5.74, 6) is 1.08. The number of methoxy groups -OCH3 is 2. The summed E-state index contributed by atoms with van der Waals surface area (Å²) >= 11 is 5.96. The number of aromatic nitrogens is 2. The van der Waals surface area contributed by atoms with E-state index < -0.39 is 6.10 Å². The molecular weight excluding hydrogens is 280 g/mol. The molecule has 5 nitrogen and oxygen atoms in total. The molecule has 1 unspecified atom stereocenters. The monoisotopic (exact) mass is 294 g/mol. The van der Waals surface area contributed by atoms with Crippen molar-refractivity contribution in [1.29, 1.82) is 0 Å². The Morgan fingerprint density at radius 2 is 1.95 bits per heavy atom. The Morgan fingerprint density at radius 3 is 2.55 bits per heavy atom. The summed E-state index contributed by atoms with van der Waals surface area (Å²) in [6, 6.07) is 8.60. The van der Waals surface area contributed by atoms with Gasteiger partial charge in [-0.1, -0.05) is 11.6 Å². The van der Waals surface area contributed by atoms with Gasteiger partial charge in [0.05, 0.1) is 19.9 Å². The van der Waals surface area contributed by atoms with Crippen LogP contribution in [-0.4, -0.2) is 29.5 Å². The molecule has 0 spiro atoms. The molecule has 0 saturated carbocycles. The number of nitrogens with zero attached hydrogens (tertiary/aromatic N) is 2. The smallest absolute Gasteiger partial charge is 0.233 e. The van der Waals surface area contributed by atoms with Crippen LogP contribution >= 0.6 is 11.6 Å². The first kappa shape index (κ1) is 14.6. The first-order chi connectivity index (χ1) is 9.63. The van der Waals surface area contributed by atoms with Gasteiger partial charge in [0.1, 0.15) is 11.9 Å². The summed E-state index contributed by atoms with van der Waals surface area (Å²) in [4.78, 5) is 0. The Kier molecular flexibility index (Phi) is 4.76. The van der Waals surface area contributed by atoms with E-state index in [-0.39, 0.29) is 0 Å². The number of ether oxygens (including phenoxy) is 2. The SMILES string of the molecule is COc1ccc(C(O)Cc2cc(Cl)ccc2OC)nn1. The van der Waals surface area contributed by atoms with E-state index in [1.807, 2.05) is 0 Å². The van der Waals surface area contributed by atoms with Gasteiger partial charge in [-0.05, 0) is 29.8 Å². The van der Waals surface area contributed by atoms with Gasteiger partial charge < -0.3 is 14.6 Å². The standard InChI is InChI=1S/C14H15ClN2O3/c1-19-13-5-3-10(15)7-9(13)8-12(18)11-4-6-14(20-2)17-16-11/h3-7,12,18H,8H2,1-2H3. The molecule has 0 bridgehead atoms. The molecule has 0 aliphatic carbocycles. The van der Waals surface area contributed by atoms with Gasteiger partial charge in [0.25, 0.3) is 0 Å². The summed E-state index contributed by atoms with van der Waals surface area (Å²) < 4.78 is 10.2. The topological polar surface area (TPSA) is 64.5 Å². The first-order valence-electron chi connectivity index (χ1n) is 6.02. The highest BCUT2D eigenvalue weighted by atomic mass is 35.5. The predicted octanol–water partition coefficient (Wildman–Crippen LogP) is 2.42. The number of hydrogen-bond acceptors (Lipinski definition) is 5. The second-order valence-electron chi connectivity index (χ2n) is 4.18. The van der Waals surface area contributed by atoms with Gasteiger partial charge in [0.2, 0.25) is 5.88 Å². The van der Waals surface area contributed by atoms with Crippen LogP contribution in [0.25, 0.3) is 0 Å². The predicted molar refractivity (Wildman–Crippen MR) is 75.3 cm³/mol. The van der Waals surface area contributed by atoms with E-state index in [1.165, 1.54) is 7.11 Å². The Morgan fingerprint density at radius 1 is 1.15 bits per heavy atom. The Labute approximate surface area is 122 Å². The van der Waals surface area contributed by atoms with E-state index in [1.54, 1.807) is 37.4 Å². The normalized spacial score (nSPS) is 12.0. The Hall–Kier alpha value is -1.85. The van der Waals surface area contributed by atoms with E-state index in [2.05, 4.69) is 10.2 Å². The fraction of sp³-hybridized carbons (Fsp3) is 0.286. The van der Waals surface area contributed by atoms with Crippen molar-refractivity contribution < 1.29 is 14.6 Å². The molecule has 20 heavy (non-hydrogen) atoms. The maximum atomic E-state index is 10.2. The average Bonchev–Trinajstić information content (AvgIpc) is 2.47. The highest BCUT2D eigenvalue weighted by Gasteiger charge is 2.14. The highest BCUT2D eigenvalue weighted by Crippen LogP contribution is 2.27. The van der Waals surface area contributed by atoms with E-state index in [4.69, 9.17) is 21.1 Å². The van der Waals surface area contributed by atoms with Gasteiger partial charge in [-0.3, -0.25) is 0 Å². The van der Waals surface area contributed by atoms with Gasteiger partial charge in [-0.25, -0.2) is 0 Å². The molecule has 0 radical (unpaired) electrons. The van der Waals surface area contributed by atoms with Crippen LogP contribution in [0.3, 0.4) is 0 Å². The van der Waals surface area contributed by atoms with Crippen LogP contribution in [0.15, 0.2) is 30.3 Å². The molecule has 1 atom stereocenters. The zero-order valence-corrected chi connectivity index (χ0v) is 12.0. The summed E-state index contributed by atoms with van der Waals surface area (Å²) in [5.41, 5.74) is 1.28. The second kappa shape index (κ2) is 6.54. The second-order valence-corrected chi connectivity index (χ2v) is 4.61. The van der Waals surface area contributed by atoms with Crippen LogP contribution in [0.4, 0.5) is 0 Å². The number of hydrogen-bond donors (Lipinski definition) is 1. The molecule has 1 aromatic heterocycles. The van der Waals surface area contributed by atoms with Crippen LogP contribution in [-0.2, 0) is 6.42 Å². The van der Waals surface area contributed by atoms with Crippen molar-refractivity contribution in [1.82, 2.24) is 10.2 Å². The van der Waals surface area contributed by atoms with Gasteiger partial charge in [-0.15, -0.1) is 10.2 Å². The largest absolute Gasteiger partial charge is 0.496 e. The first-order valence-corrected chi connectivity index (χ1v) is 6.40. The summed E-state index contributed by atoms with van der Waals surface area (Å²) in [6.07, 6.45) is -0.453. The minimum atomic E-state index is -0.791. The zero-order valence-electron chi connectivity index (χ0n) is 11.2. The van der Waals surface area contributed by atoms with E-state index in [0.29, 0.717) is 28.8 Å². The van der Waals surface area contributed by atoms with Crippen molar-refractivity contribution in [2.45, 2.75) is 12.5 Å². The van der Waals surface area contributed by atoms with Gasteiger partial charge in [-0.2, -0.15) is 0 Å². The van der Waals surface area contributed by atoms with E-state index >= 15 is 0 Å². The Balaban J connectivity index is 2.17. The molecule has 106 valence electrons. The molecule has 0 fully saturated rings. The molecule has 1 N–H and O–H groups in total. The van der Waals surface area contributed by atoms with Crippen molar-refractivity contribution in [2.75, 3.05) is 14.2 Å². The average molecular weight is 295 g/mol.